The largest absolute Gasteiger partial charge is 0.416 e. The van der Waals surface area contributed by atoms with Gasteiger partial charge in [-0.05, 0) is 36.1 Å². The van der Waals surface area contributed by atoms with Crippen LogP contribution in [-0.2, 0) is 19.3 Å². The quantitative estimate of drug-likeness (QED) is 0.250. The van der Waals surface area contributed by atoms with Gasteiger partial charge in [-0.3, -0.25) is 4.90 Å². The first-order chi connectivity index (χ1) is 19.4. The molecule has 0 saturated carbocycles. The van der Waals surface area contributed by atoms with Crippen LogP contribution in [0.4, 0.5) is 19.0 Å². The summed E-state index contributed by atoms with van der Waals surface area (Å²) in [5, 5.41) is 3.64. The van der Waals surface area contributed by atoms with E-state index in [1.54, 1.807) is 6.33 Å². The summed E-state index contributed by atoms with van der Waals surface area (Å²) in [6.45, 7) is 3.25. The molecule has 2 aromatic heterocycles. The summed E-state index contributed by atoms with van der Waals surface area (Å²) in [4.78, 5) is 16.8. The van der Waals surface area contributed by atoms with Gasteiger partial charge in [0.05, 0.1) is 18.4 Å². The number of nitrogens with zero attached hydrogens (tertiary/aromatic N) is 5. The molecule has 0 amide bonds. The van der Waals surface area contributed by atoms with Gasteiger partial charge >= 0.3 is 6.18 Å². The highest BCUT2D eigenvalue weighted by atomic mass is 19.4. The molecule has 0 unspecified atom stereocenters. The van der Waals surface area contributed by atoms with Crippen LogP contribution in [0.3, 0.4) is 0 Å². The van der Waals surface area contributed by atoms with Gasteiger partial charge in [-0.15, -0.1) is 0 Å². The summed E-state index contributed by atoms with van der Waals surface area (Å²) >= 11 is 0. The molecule has 5 aromatic rings. The maximum Gasteiger partial charge on any atom is 0.416 e. The maximum absolute atomic E-state index is 13.0. The average molecular weight is 543 g/mol. The van der Waals surface area contributed by atoms with Crippen LogP contribution < -0.4 is 5.32 Å². The Kier molecular flexibility index (Phi) is 7.21. The monoisotopic (exact) mass is 542 g/mol. The van der Waals surface area contributed by atoms with Crippen molar-refractivity contribution in [3.63, 3.8) is 0 Å². The van der Waals surface area contributed by atoms with Gasteiger partial charge in [-0.1, -0.05) is 72.8 Å². The number of likely N-dealkylation sites (tertiary alicyclic amines) is 1. The third kappa shape index (κ3) is 5.84. The van der Waals surface area contributed by atoms with Crippen molar-refractivity contribution in [1.82, 2.24) is 24.4 Å². The molecular formula is C31H29F3N6. The Bertz CT molecular complexity index is 1560. The van der Waals surface area contributed by atoms with Crippen molar-refractivity contribution >= 4 is 17.0 Å². The predicted octanol–water partition coefficient (Wildman–Crippen LogP) is 6.64. The molecule has 0 atom stereocenters. The number of imidazole rings is 1. The highest BCUT2D eigenvalue weighted by Gasteiger charge is 2.30. The number of halogens is 3. The maximum atomic E-state index is 13.0. The van der Waals surface area contributed by atoms with Gasteiger partial charge in [-0.2, -0.15) is 13.2 Å². The molecule has 1 fully saturated rings. The molecule has 6 rings (SSSR count). The summed E-state index contributed by atoms with van der Waals surface area (Å²) in [5.74, 6) is 1.25. The Balaban J connectivity index is 1.25. The van der Waals surface area contributed by atoms with Crippen LogP contribution in [0.5, 0.6) is 0 Å². The van der Waals surface area contributed by atoms with Gasteiger partial charge in [-0.25, -0.2) is 15.0 Å². The second-order valence-corrected chi connectivity index (χ2v) is 10.2. The number of alkyl halides is 3. The number of fused-ring (bicyclic) bond motifs is 1. The molecule has 0 radical (unpaired) electrons. The zero-order valence-electron chi connectivity index (χ0n) is 21.9. The van der Waals surface area contributed by atoms with Crippen molar-refractivity contribution in [2.45, 2.75) is 38.1 Å². The molecule has 1 aliphatic rings. The minimum Gasteiger partial charge on any atom is -0.365 e. The van der Waals surface area contributed by atoms with Gasteiger partial charge in [0.15, 0.2) is 17.3 Å². The molecular weight excluding hydrogens is 513 g/mol. The predicted molar refractivity (Wildman–Crippen MR) is 150 cm³/mol. The second-order valence-electron chi connectivity index (χ2n) is 10.2. The molecule has 1 N–H and O–H groups in total. The van der Waals surface area contributed by atoms with Crippen molar-refractivity contribution in [3.8, 4) is 11.4 Å². The van der Waals surface area contributed by atoms with E-state index in [0.29, 0.717) is 29.4 Å². The van der Waals surface area contributed by atoms with E-state index in [9.17, 15) is 13.2 Å². The zero-order valence-corrected chi connectivity index (χ0v) is 21.9. The van der Waals surface area contributed by atoms with Crippen LogP contribution in [0.25, 0.3) is 22.6 Å². The first kappa shape index (κ1) is 26.0. The molecule has 3 heterocycles. The lowest BCUT2D eigenvalue weighted by molar-refractivity contribution is -0.137. The van der Waals surface area contributed by atoms with Crippen LogP contribution in [0.15, 0.2) is 91.3 Å². The molecule has 204 valence electrons. The van der Waals surface area contributed by atoms with Crippen molar-refractivity contribution in [2.75, 3.05) is 18.4 Å². The Labute approximate surface area is 230 Å². The SMILES string of the molecule is FC(F)(F)c1ccc(Cn2cnc3c(NC4CCN(Cc5ccccc5)CC4)nc(-c4ccccc4)nc32)cc1. The number of rotatable bonds is 7. The molecule has 9 heteroatoms. The van der Waals surface area contributed by atoms with Crippen LogP contribution in [0.2, 0.25) is 0 Å². The highest BCUT2D eigenvalue weighted by Crippen LogP contribution is 2.30. The molecule has 0 bridgehead atoms. The van der Waals surface area contributed by atoms with E-state index in [1.165, 1.54) is 17.7 Å². The topological polar surface area (TPSA) is 58.9 Å². The lowest BCUT2D eigenvalue weighted by Gasteiger charge is -2.32. The Hall–Kier alpha value is -4.24. The van der Waals surface area contributed by atoms with Crippen molar-refractivity contribution in [1.29, 1.82) is 0 Å². The van der Waals surface area contributed by atoms with E-state index in [-0.39, 0.29) is 6.04 Å². The number of hydrogen-bond donors (Lipinski definition) is 1. The molecule has 1 saturated heterocycles. The number of benzene rings is 3. The zero-order chi connectivity index (χ0) is 27.5. The molecule has 1 aliphatic heterocycles. The molecule has 6 nitrogen and oxygen atoms in total. The van der Waals surface area contributed by atoms with Crippen LogP contribution in [0, 0.1) is 0 Å². The number of anilines is 1. The van der Waals surface area contributed by atoms with Gasteiger partial charge in [0.1, 0.15) is 5.52 Å². The summed E-state index contributed by atoms with van der Waals surface area (Å²) in [7, 11) is 0. The lowest BCUT2D eigenvalue weighted by Crippen LogP contribution is -2.38. The lowest BCUT2D eigenvalue weighted by atomic mass is 10.0. The Morgan fingerprint density at radius 2 is 1.43 bits per heavy atom. The third-order valence-corrected chi connectivity index (χ3v) is 7.31. The van der Waals surface area contributed by atoms with Gasteiger partial charge in [0.2, 0.25) is 0 Å². The molecule has 40 heavy (non-hydrogen) atoms. The number of aromatic nitrogens is 4. The van der Waals surface area contributed by atoms with Crippen LogP contribution in [-0.4, -0.2) is 43.6 Å². The minimum atomic E-state index is -4.36. The molecule has 0 aliphatic carbocycles. The van der Waals surface area contributed by atoms with Gasteiger partial charge in [0.25, 0.3) is 0 Å². The highest BCUT2D eigenvalue weighted by molar-refractivity contribution is 5.85. The Morgan fingerprint density at radius 3 is 2.10 bits per heavy atom. The van der Waals surface area contributed by atoms with Crippen molar-refractivity contribution in [3.05, 3.63) is 108 Å². The van der Waals surface area contributed by atoms with E-state index < -0.39 is 11.7 Å². The summed E-state index contributed by atoms with van der Waals surface area (Å²) in [6, 6.07) is 25.7. The van der Waals surface area contributed by atoms with Gasteiger partial charge < -0.3 is 9.88 Å². The van der Waals surface area contributed by atoms with Crippen molar-refractivity contribution < 1.29 is 13.2 Å². The fraction of sp³-hybridized carbons (Fsp3) is 0.258. The van der Waals surface area contributed by atoms with E-state index in [2.05, 4.69) is 39.5 Å². The van der Waals surface area contributed by atoms with E-state index in [0.717, 1.165) is 55.7 Å². The first-order valence-electron chi connectivity index (χ1n) is 13.4. The molecule has 0 spiro atoms. The van der Waals surface area contributed by atoms with Crippen LogP contribution in [0.1, 0.15) is 29.5 Å². The second kappa shape index (κ2) is 11.1. The minimum absolute atomic E-state index is 0.244. The normalized spacial score (nSPS) is 15.0. The summed E-state index contributed by atoms with van der Waals surface area (Å²) in [6.07, 6.45) is -0.730. The van der Waals surface area contributed by atoms with Gasteiger partial charge in [0, 0.05) is 31.2 Å². The Morgan fingerprint density at radius 1 is 0.775 bits per heavy atom. The number of piperidine rings is 1. The third-order valence-electron chi connectivity index (χ3n) is 7.31. The van der Waals surface area contributed by atoms with E-state index in [4.69, 9.17) is 9.97 Å². The number of nitrogens with one attached hydrogen (secondary N) is 1. The summed E-state index contributed by atoms with van der Waals surface area (Å²) in [5.41, 5.74) is 3.55. The average Bonchev–Trinajstić information content (AvgIpc) is 3.38. The van der Waals surface area contributed by atoms with Crippen LogP contribution >= 0.6 is 0 Å². The smallest absolute Gasteiger partial charge is 0.365 e. The van der Waals surface area contributed by atoms with E-state index >= 15 is 0 Å². The van der Waals surface area contributed by atoms with Crippen molar-refractivity contribution in [2.24, 2.45) is 0 Å². The summed E-state index contributed by atoms with van der Waals surface area (Å²) < 4.78 is 40.9. The fourth-order valence-electron chi connectivity index (χ4n) is 5.14. The van der Waals surface area contributed by atoms with E-state index in [1.807, 2.05) is 41.0 Å². The standard InChI is InChI=1S/C31H29F3N6/c32-31(33,34)25-13-11-23(12-14-25)20-40-21-35-27-29(37-28(38-30(27)40)24-9-5-2-6-10-24)36-26-15-17-39(18-16-26)19-22-7-3-1-4-8-22/h1-14,21,26H,15-20H2,(H,36,37,38). The fourth-order valence-corrected chi connectivity index (χ4v) is 5.14. The number of hydrogen-bond acceptors (Lipinski definition) is 5. The first-order valence-corrected chi connectivity index (χ1v) is 13.4. The molecule has 3 aromatic carbocycles.